The molecule has 0 aliphatic rings. The summed E-state index contributed by atoms with van der Waals surface area (Å²) >= 11 is 11.6. The fourth-order valence-corrected chi connectivity index (χ4v) is 3.02. The molecule has 2 rings (SSSR count). The van der Waals surface area contributed by atoms with Crippen LogP contribution >= 0.6 is 23.2 Å². The summed E-state index contributed by atoms with van der Waals surface area (Å²) in [6, 6.07) is 9.31. The number of non-ortho nitro benzene ring substituents is 1. The molecule has 9 heteroatoms. The lowest BCUT2D eigenvalue weighted by atomic mass is 10.2. The summed E-state index contributed by atoms with van der Waals surface area (Å²) in [6.45, 7) is 0. The summed E-state index contributed by atoms with van der Waals surface area (Å²) in [4.78, 5) is 10.0. The number of halogens is 2. The highest BCUT2D eigenvalue weighted by Gasteiger charge is 2.17. The maximum Gasteiger partial charge on any atom is 0.313 e. The van der Waals surface area contributed by atoms with Crippen LogP contribution in [-0.2, 0) is 15.9 Å². The molecule has 2 aromatic rings. The lowest BCUT2D eigenvalue weighted by Gasteiger charge is -2.07. The molecule has 0 aliphatic heterocycles. The Kier molecular flexibility index (Phi) is 4.90. The predicted octanol–water partition coefficient (Wildman–Crippen LogP) is 3.81. The van der Waals surface area contributed by atoms with Crippen LogP contribution in [0.5, 0.6) is 5.75 Å². The zero-order chi connectivity index (χ0) is 16.3. The van der Waals surface area contributed by atoms with Gasteiger partial charge in [0.15, 0.2) is 0 Å². The summed E-state index contributed by atoms with van der Waals surface area (Å²) < 4.78 is 28.8. The fourth-order valence-electron chi connectivity index (χ4n) is 1.66. The van der Waals surface area contributed by atoms with Crippen molar-refractivity contribution in [2.24, 2.45) is 0 Å². The van der Waals surface area contributed by atoms with Crippen LogP contribution in [0.1, 0.15) is 5.56 Å². The van der Waals surface area contributed by atoms with Crippen molar-refractivity contribution in [1.29, 1.82) is 0 Å². The minimum absolute atomic E-state index is 0.130. The third kappa shape index (κ3) is 4.33. The van der Waals surface area contributed by atoms with Crippen molar-refractivity contribution in [1.82, 2.24) is 0 Å². The first-order valence-electron chi connectivity index (χ1n) is 5.87. The molecule has 22 heavy (non-hydrogen) atoms. The van der Waals surface area contributed by atoms with Gasteiger partial charge in [0.2, 0.25) is 0 Å². The molecule has 0 N–H and O–H groups in total. The van der Waals surface area contributed by atoms with Crippen molar-refractivity contribution in [3.8, 4) is 5.75 Å². The lowest BCUT2D eigenvalue weighted by molar-refractivity contribution is -0.384. The Bertz CT molecular complexity index is 823. The third-order valence-corrected chi connectivity index (χ3v) is 4.45. The van der Waals surface area contributed by atoms with Gasteiger partial charge in [0.05, 0.1) is 21.0 Å². The number of nitro benzene ring substituents is 1. The van der Waals surface area contributed by atoms with Crippen LogP contribution in [-0.4, -0.2) is 13.3 Å². The van der Waals surface area contributed by atoms with E-state index in [1.54, 1.807) is 0 Å². The van der Waals surface area contributed by atoms with Gasteiger partial charge in [-0.2, -0.15) is 8.42 Å². The zero-order valence-electron chi connectivity index (χ0n) is 10.9. The van der Waals surface area contributed by atoms with Gasteiger partial charge in [-0.05, 0) is 23.8 Å². The van der Waals surface area contributed by atoms with Gasteiger partial charge >= 0.3 is 10.1 Å². The maximum absolute atomic E-state index is 12.0. The smallest absolute Gasteiger partial charge is 0.313 e. The number of hydrogen-bond acceptors (Lipinski definition) is 5. The molecule has 0 heterocycles. The normalized spacial score (nSPS) is 11.2. The van der Waals surface area contributed by atoms with Crippen molar-refractivity contribution in [2.45, 2.75) is 5.75 Å². The minimum atomic E-state index is -3.98. The maximum atomic E-state index is 12.0. The van der Waals surface area contributed by atoms with Crippen molar-refractivity contribution in [3.05, 3.63) is 68.2 Å². The van der Waals surface area contributed by atoms with E-state index in [4.69, 9.17) is 27.4 Å². The highest BCUT2D eigenvalue weighted by atomic mass is 35.5. The predicted molar refractivity (Wildman–Crippen MR) is 82.8 cm³/mol. The molecule has 0 saturated heterocycles. The minimum Gasteiger partial charge on any atom is -0.382 e. The van der Waals surface area contributed by atoms with Crippen LogP contribution in [0.3, 0.4) is 0 Å². The Morgan fingerprint density at radius 3 is 2.45 bits per heavy atom. The summed E-state index contributed by atoms with van der Waals surface area (Å²) in [5.74, 6) is -0.568. The first kappa shape index (κ1) is 16.5. The summed E-state index contributed by atoms with van der Waals surface area (Å²) in [7, 11) is -3.98. The van der Waals surface area contributed by atoms with Gasteiger partial charge in [-0.1, -0.05) is 35.3 Å². The van der Waals surface area contributed by atoms with Crippen LogP contribution in [0.15, 0.2) is 42.5 Å². The Balaban J connectivity index is 2.19. The molecule has 0 saturated carbocycles. The molecule has 0 amide bonds. The van der Waals surface area contributed by atoms with E-state index in [-0.39, 0.29) is 16.5 Å². The fraction of sp³-hybridized carbons (Fsp3) is 0.0769. The van der Waals surface area contributed by atoms with Gasteiger partial charge in [0, 0.05) is 6.07 Å². The molecule has 2 aromatic carbocycles. The Morgan fingerprint density at radius 2 is 1.82 bits per heavy atom. The Hall–Kier alpha value is -1.83. The molecule has 0 radical (unpaired) electrons. The van der Waals surface area contributed by atoms with Crippen molar-refractivity contribution >= 4 is 39.0 Å². The quantitative estimate of drug-likeness (QED) is 0.459. The standard InChI is InChI=1S/C13H9Cl2NO5S/c14-12-5-4-9(6-13(12)15)8-22(19,20)21-11-3-1-2-10(7-11)16(17)18/h1-7H,8H2. The van der Waals surface area contributed by atoms with Crippen molar-refractivity contribution < 1.29 is 17.5 Å². The van der Waals surface area contributed by atoms with E-state index in [1.807, 2.05) is 0 Å². The molecule has 0 fully saturated rings. The number of nitrogens with zero attached hydrogens (tertiary/aromatic N) is 1. The lowest BCUT2D eigenvalue weighted by Crippen LogP contribution is -2.12. The zero-order valence-corrected chi connectivity index (χ0v) is 13.2. The van der Waals surface area contributed by atoms with E-state index < -0.39 is 20.8 Å². The van der Waals surface area contributed by atoms with E-state index in [2.05, 4.69) is 0 Å². The van der Waals surface area contributed by atoms with E-state index >= 15 is 0 Å². The molecule has 0 atom stereocenters. The molecule has 116 valence electrons. The highest BCUT2D eigenvalue weighted by Crippen LogP contribution is 2.25. The molecular weight excluding hydrogens is 353 g/mol. The number of benzene rings is 2. The molecule has 0 aliphatic carbocycles. The van der Waals surface area contributed by atoms with Gasteiger partial charge in [0.25, 0.3) is 5.69 Å². The average Bonchev–Trinajstić information content (AvgIpc) is 2.42. The van der Waals surface area contributed by atoms with Crippen LogP contribution in [0.2, 0.25) is 10.0 Å². The van der Waals surface area contributed by atoms with E-state index in [1.165, 1.54) is 36.4 Å². The number of hydrogen-bond donors (Lipinski definition) is 0. The van der Waals surface area contributed by atoms with Gasteiger partial charge in [-0.3, -0.25) is 10.1 Å². The van der Waals surface area contributed by atoms with E-state index in [9.17, 15) is 18.5 Å². The Labute approximate surface area is 136 Å². The first-order chi connectivity index (χ1) is 10.3. The monoisotopic (exact) mass is 361 g/mol. The van der Waals surface area contributed by atoms with E-state index in [0.717, 1.165) is 6.07 Å². The molecule has 0 bridgehead atoms. The van der Waals surface area contributed by atoms with Crippen LogP contribution in [0, 0.1) is 10.1 Å². The van der Waals surface area contributed by atoms with Gasteiger partial charge < -0.3 is 4.18 Å². The second-order valence-electron chi connectivity index (χ2n) is 4.29. The summed E-state index contributed by atoms with van der Waals surface area (Å²) in [5, 5.41) is 11.2. The van der Waals surface area contributed by atoms with Gasteiger partial charge in [-0.25, -0.2) is 0 Å². The molecule has 0 aromatic heterocycles. The largest absolute Gasteiger partial charge is 0.382 e. The van der Waals surface area contributed by atoms with Crippen molar-refractivity contribution in [2.75, 3.05) is 0 Å². The number of rotatable bonds is 5. The van der Waals surface area contributed by atoms with Crippen LogP contribution in [0.4, 0.5) is 5.69 Å². The van der Waals surface area contributed by atoms with E-state index in [0.29, 0.717) is 10.6 Å². The third-order valence-electron chi connectivity index (χ3n) is 2.58. The molecule has 0 unspecified atom stereocenters. The molecule has 0 spiro atoms. The SMILES string of the molecule is O=[N+]([O-])c1cccc(OS(=O)(=O)Cc2ccc(Cl)c(Cl)c2)c1. The Morgan fingerprint density at radius 1 is 1.09 bits per heavy atom. The summed E-state index contributed by atoms with van der Waals surface area (Å²) in [5.41, 5.74) is 0.127. The second kappa shape index (κ2) is 6.51. The molecular formula is C13H9Cl2NO5S. The average molecular weight is 362 g/mol. The number of nitro groups is 1. The van der Waals surface area contributed by atoms with Gasteiger partial charge in [-0.15, -0.1) is 0 Å². The summed E-state index contributed by atoms with van der Waals surface area (Å²) in [6.07, 6.45) is 0. The highest BCUT2D eigenvalue weighted by molar-refractivity contribution is 7.86. The first-order valence-corrected chi connectivity index (χ1v) is 8.21. The topological polar surface area (TPSA) is 86.5 Å². The van der Waals surface area contributed by atoms with Crippen LogP contribution < -0.4 is 4.18 Å². The molecule has 6 nitrogen and oxygen atoms in total. The van der Waals surface area contributed by atoms with Crippen LogP contribution in [0.25, 0.3) is 0 Å². The van der Waals surface area contributed by atoms with Gasteiger partial charge in [0.1, 0.15) is 11.5 Å². The van der Waals surface area contributed by atoms with Crippen molar-refractivity contribution in [3.63, 3.8) is 0 Å². The second-order valence-corrected chi connectivity index (χ2v) is 6.67.